The van der Waals surface area contributed by atoms with Gasteiger partial charge in [0, 0.05) is 18.8 Å². The van der Waals surface area contributed by atoms with Crippen molar-refractivity contribution >= 4 is 12.0 Å². The highest BCUT2D eigenvalue weighted by Crippen LogP contribution is 2.29. The normalized spacial score (nSPS) is 26.8. The third-order valence-electron chi connectivity index (χ3n) is 3.12. The van der Waals surface area contributed by atoms with Gasteiger partial charge < -0.3 is 5.32 Å². The molecule has 1 fully saturated rings. The highest BCUT2D eigenvalue weighted by molar-refractivity contribution is 6.00. The molecule has 0 aromatic rings. The molecule has 0 amide bonds. The largest absolute Gasteiger partial charge is 0.304 e. The first-order valence-electron chi connectivity index (χ1n) is 5.73. The van der Waals surface area contributed by atoms with Crippen LogP contribution in [0.2, 0.25) is 0 Å². The van der Waals surface area contributed by atoms with E-state index in [0.717, 1.165) is 24.8 Å². The highest BCUT2D eigenvalue weighted by atomic mass is 16.1. The van der Waals surface area contributed by atoms with Crippen LogP contribution in [0.4, 0.5) is 0 Å². The van der Waals surface area contributed by atoms with Crippen molar-refractivity contribution in [3.05, 3.63) is 24.4 Å². The number of Topliss-reactive ketones (excluding diaryl/α,β-unsaturated/α-hetero) is 1. The lowest BCUT2D eigenvalue weighted by atomic mass is 9.76. The molecule has 1 atom stereocenters. The van der Waals surface area contributed by atoms with Gasteiger partial charge in [0.05, 0.1) is 0 Å². The van der Waals surface area contributed by atoms with Crippen LogP contribution in [0, 0.1) is 0 Å². The molecule has 0 radical (unpaired) electrons. The maximum atomic E-state index is 12.0. The van der Waals surface area contributed by atoms with Gasteiger partial charge in [-0.25, -0.2) is 0 Å². The van der Waals surface area contributed by atoms with Crippen LogP contribution < -0.4 is 5.32 Å². The van der Waals surface area contributed by atoms with Gasteiger partial charge >= 0.3 is 0 Å². The van der Waals surface area contributed by atoms with Crippen LogP contribution in [0.15, 0.2) is 29.4 Å². The van der Waals surface area contributed by atoms with Crippen LogP contribution >= 0.6 is 0 Å². The van der Waals surface area contributed by atoms with E-state index in [9.17, 15) is 4.79 Å². The fourth-order valence-corrected chi connectivity index (χ4v) is 2.12. The summed E-state index contributed by atoms with van der Waals surface area (Å²) in [6, 6.07) is 0. The number of ketones is 1. The maximum Gasteiger partial charge on any atom is 0.157 e. The molecule has 0 saturated heterocycles. The molecule has 1 N–H and O–H groups in total. The predicted octanol–water partition coefficient (Wildman–Crippen LogP) is 2.25. The molecule has 0 bridgehead atoms. The van der Waals surface area contributed by atoms with E-state index in [-0.39, 0.29) is 5.78 Å². The van der Waals surface area contributed by atoms with Crippen molar-refractivity contribution in [2.45, 2.75) is 38.1 Å². The van der Waals surface area contributed by atoms with Gasteiger partial charge in [-0.05, 0) is 32.4 Å². The molecule has 0 heterocycles. The van der Waals surface area contributed by atoms with Crippen molar-refractivity contribution in [1.82, 2.24) is 5.32 Å². The molecule has 0 unspecified atom stereocenters. The zero-order valence-electron chi connectivity index (χ0n) is 10.1. The van der Waals surface area contributed by atoms with E-state index in [0.29, 0.717) is 6.42 Å². The van der Waals surface area contributed by atoms with Gasteiger partial charge in [0.1, 0.15) is 5.54 Å². The first-order valence-corrected chi connectivity index (χ1v) is 5.73. The van der Waals surface area contributed by atoms with Crippen molar-refractivity contribution in [3.8, 4) is 0 Å². The Morgan fingerprint density at radius 1 is 1.56 bits per heavy atom. The Kier molecular flexibility index (Phi) is 4.62. The third-order valence-corrected chi connectivity index (χ3v) is 3.12. The van der Waals surface area contributed by atoms with Crippen LogP contribution in [-0.2, 0) is 4.79 Å². The Bertz CT molecular complexity index is 331. The number of allylic oxidation sites excluding steroid dienone is 1. The van der Waals surface area contributed by atoms with Crippen LogP contribution in [-0.4, -0.2) is 24.6 Å². The topological polar surface area (TPSA) is 41.5 Å². The van der Waals surface area contributed by atoms with Crippen LogP contribution in [0.3, 0.4) is 0 Å². The smallest absolute Gasteiger partial charge is 0.157 e. The van der Waals surface area contributed by atoms with Crippen molar-refractivity contribution in [3.63, 3.8) is 0 Å². The molecule has 3 heteroatoms. The monoisotopic (exact) mass is 220 g/mol. The second-order valence-corrected chi connectivity index (χ2v) is 4.07. The summed E-state index contributed by atoms with van der Waals surface area (Å²) >= 11 is 0. The molecule has 88 valence electrons. The van der Waals surface area contributed by atoms with Gasteiger partial charge in [0.25, 0.3) is 0 Å². The lowest BCUT2D eigenvalue weighted by Gasteiger charge is -2.35. The molecular weight excluding hydrogens is 200 g/mol. The molecule has 1 rings (SSSR count). The van der Waals surface area contributed by atoms with Crippen molar-refractivity contribution in [2.24, 2.45) is 4.99 Å². The highest BCUT2D eigenvalue weighted by Gasteiger charge is 2.40. The SMILES string of the molecule is C=C(C=N/C=C\C)[C@@]1(NC)CCCCC1=O. The Labute approximate surface area is 97.3 Å². The lowest BCUT2D eigenvalue weighted by molar-refractivity contribution is -0.125. The predicted molar refractivity (Wildman–Crippen MR) is 67.7 cm³/mol. The van der Waals surface area contributed by atoms with Gasteiger partial charge in [0.2, 0.25) is 0 Å². The van der Waals surface area contributed by atoms with E-state index in [1.165, 1.54) is 0 Å². The van der Waals surface area contributed by atoms with E-state index in [1.54, 1.807) is 12.4 Å². The van der Waals surface area contributed by atoms with E-state index in [1.807, 2.05) is 20.0 Å². The maximum absolute atomic E-state index is 12.0. The minimum Gasteiger partial charge on any atom is -0.304 e. The Morgan fingerprint density at radius 3 is 2.88 bits per heavy atom. The minimum absolute atomic E-state index is 0.234. The fourth-order valence-electron chi connectivity index (χ4n) is 2.12. The summed E-state index contributed by atoms with van der Waals surface area (Å²) in [6.45, 7) is 5.88. The van der Waals surface area contributed by atoms with Crippen LogP contribution in [0.1, 0.15) is 32.6 Å². The first kappa shape index (κ1) is 12.8. The second kappa shape index (κ2) is 5.75. The number of hydrogen-bond donors (Lipinski definition) is 1. The number of rotatable bonds is 4. The molecule has 0 aromatic carbocycles. The number of aliphatic imine (C=N–C) groups is 1. The van der Waals surface area contributed by atoms with Crippen LogP contribution in [0.5, 0.6) is 0 Å². The zero-order chi connectivity index (χ0) is 12.0. The Balaban J connectivity index is 2.86. The number of nitrogens with zero attached hydrogens (tertiary/aromatic N) is 1. The molecule has 0 aliphatic heterocycles. The Morgan fingerprint density at radius 2 is 2.31 bits per heavy atom. The number of hydrogen-bond acceptors (Lipinski definition) is 3. The number of nitrogens with one attached hydrogen (secondary N) is 1. The standard InChI is InChI=1S/C13H20N2O/c1-4-9-15-10-11(2)13(14-3)8-6-5-7-12(13)16/h4,9-10,14H,2,5-8H2,1,3H3/b9-4-,15-10?/t13-/m0/s1. The van der Waals surface area contributed by atoms with Gasteiger partial charge in [-0.15, -0.1) is 0 Å². The first-order chi connectivity index (χ1) is 7.67. The third kappa shape index (κ3) is 2.47. The van der Waals surface area contributed by atoms with Crippen molar-refractivity contribution < 1.29 is 4.79 Å². The van der Waals surface area contributed by atoms with E-state index in [2.05, 4.69) is 16.9 Å². The van der Waals surface area contributed by atoms with Gasteiger partial charge in [-0.3, -0.25) is 9.79 Å². The van der Waals surface area contributed by atoms with Crippen molar-refractivity contribution in [1.29, 1.82) is 0 Å². The molecule has 16 heavy (non-hydrogen) atoms. The van der Waals surface area contributed by atoms with Gasteiger partial charge in [-0.1, -0.05) is 19.1 Å². The summed E-state index contributed by atoms with van der Waals surface area (Å²) in [5.41, 5.74) is 0.182. The summed E-state index contributed by atoms with van der Waals surface area (Å²) in [7, 11) is 1.82. The summed E-state index contributed by atoms with van der Waals surface area (Å²) in [5, 5.41) is 3.13. The summed E-state index contributed by atoms with van der Waals surface area (Å²) < 4.78 is 0. The number of carbonyl (C=O) groups excluding carboxylic acids is 1. The summed E-state index contributed by atoms with van der Waals surface area (Å²) in [4.78, 5) is 16.1. The molecule has 1 aliphatic carbocycles. The average Bonchev–Trinajstić information content (AvgIpc) is 2.30. The molecule has 3 nitrogen and oxygen atoms in total. The van der Waals surface area contributed by atoms with E-state index in [4.69, 9.17) is 0 Å². The Hall–Kier alpha value is -1.22. The lowest BCUT2D eigenvalue weighted by Crippen LogP contribution is -2.53. The van der Waals surface area contributed by atoms with Crippen molar-refractivity contribution in [2.75, 3.05) is 7.05 Å². The number of carbonyl (C=O) groups is 1. The van der Waals surface area contributed by atoms with Crippen LogP contribution in [0.25, 0.3) is 0 Å². The molecule has 0 spiro atoms. The molecule has 1 aliphatic rings. The number of likely N-dealkylation sites (N-methyl/N-ethyl adjacent to an activating group) is 1. The van der Waals surface area contributed by atoms with E-state index < -0.39 is 5.54 Å². The molecular formula is C13H20N2O. The second-order valence-electron chi connectivity index (χ2n) is 4.07. The quantitative estimate of drug-likeness (QED) is 0.738. The molecule has 1 saturated carbocycles. The average molecular weight is 220 g/mol. The zero-order valence-corrected chi connectivity index (χ0v) is 10.1. The van der Waals surface area contributed by atoms with Gasteiger partial charge in [-0.2, -0.15) is 0 Å². The summed E-state index contributed by atoms with van der Waals surface area (Å²) in [5.74, 6) is 0.234. The van der Waals surface area contributed by atoms with E-state index >= 15 is 0 Å². The molecule has 0 aromatic heterocycles. The fraction of sp³-hybridized carbons (Fsp3) is 0.538. The van der Waals surface area contributed by atoms with Gasteiger partial charge in [0.15, 0.2) is 5.78 Å². The summed E-state index contributed by atoms with van der Waals surface area (Å²) in [6.07, 6.45) is 8.73. The minimum atomic E-state index is -0.580.